The van der Waals surface area contributed by atoms with E-state index in [1.165, 1.54) is 17.5 Å². The van der Waals surface area contributed by atoms with Gasteiger partial charge in [-0.3, -0.25) is 4.31 Å². The van der Waals surface area contributed by atoms with Gasteiger partial charge in [-0.05, 0) is 43.2 Å². The summed E-state index contributed by atoms with van der Waals surface area (Å²) in [4.78, 5) is 0.0889. The van der Waals surface area contributed by atoms with Gasteiger partial charge in [0.2, 0.25) is 0 Å². The first-order valence-electron chi connectivity index (χ1n) is 6.91. The van der Waals surface area contributed by atoms with Crippen molar-refractivity contribution in [3.8, 4) is 5.75 Å². The number of sulfonamides is 1. The number of halogens is 1. The van der Waals surface area contributed by atoms with Gasteiger partial charge in [0.15, 0.2) is 0 Å². The van der Waals surface area contributed by atoms with Crippen LogP contribution in [0.4, 0.5) is 5.69 Å². The highest BCUT2D eigenvalue weighted by Gasteiger charge is 2.37. The van der Waals surface area contributed by atoms with E-state index >= 15 is 0 Å². The van der Waals surface area contributed by atoms with Crippen LogP contribution in [0.15, 0.2) is 47.4 Å². The van der Waals surface area contributed by atoms with E-state index in [1.54, 1.807) is 12.1 Å². The summed E-state index contributed by atoms with van der Waals surface area (Å²) < 4.78 is 32.9. The first-order chi connectivity index (χ1) is 10.4. The minimum atomic E-state index is -3.74. The van der Waals surface area contributed by atoms with Gasteiger partial charge in [0.1, 0.15) is 10.6 Å². The van der Waals surface area contributed by atoms with Gasteiger partial charge in [-0.15, -0.1) is 0 Å². The Kier molecular flexibility index (Phi) is 3.78. The molecule has 0 spiro atoms. The maximum atomic E-state index is 13.1. The van der Waals surface area contributed by atoms with Crippen molar-refractivity contribution in [1.29, 1.82) is 0 Å². The minimum Gasteiger partial charge on any atom is -0.495 e. The normalized spacial score (nSPS) is 17.4. The molecular formula is C16H16ClNO3S. The molecule has 3 rings (SSSR count). The quantitative estimate of drug-likeness (QED) is 0.861. The SMILES string of the molecule is COc1ccc(Cl)cc1S(=O)(=O)N1c2ccccc2CC1C. The lowest BCUT2D eigenvalue weighted by molar-refractivity contribution is 0.402. The number of nitrogens with zero attached hydrogens (tertiary/aromatic N) is 1. The zero-order valence-corrected chi connectivity index (χ0v) is 13.9. The molecule has 0 amide bonds. The fourth-order valence-electron chi connectivity index (χ4n) is 2.86. The lowest BCUT2D eigenvalue weighted by Crippen LogP contribution is -2.35. The highest BCUT2D eigenvalue weighted by atomic mass is 35.5. The molecule has 22 heavy (non-hydrogen) atoms. The van der Waals surface area contributed by atoms with Crippen LogP contribution < -0.4 is 9.04 Å². The molecule has 2 aromatic rings. The maximum absolute atomic E-state index is 13.1. The number of benzene rings is 2. The Morgan fingerprint density at radius 2 is 1.95 bits per heavy atom. The van der Waals surface area contributed by atoms with Gasteiger partial charge in [0.05, 0.1) is 12.8 Å². The number of methoxy groups -OCH3 is 1. The van der Waals surface area contributed by atoms with E-state index in [0.717, 1.165) is 11.3 Å². The van der Waals surface area contributed by atoms with Crippen molar-refractivity contribution < 1.29 is 13.2 Å². The van der Waals surface area contributed by atoms with Gasteiger partial charge in [0, 0.05) is 11.1 Å². The van der Waals surface area contributed by atoms with Crippen LogP contribution in [-0.2, 0) is 16.4 Å². The summed E-state index contributed by atoms with van der Waals surface area (Å²) in [5.74, 6) is 0.293. The predicted molar refractivity (Wildman–Crippen MR) is 87.3 cm³/mol. The summed E-state index contributed by atoms with van der Waals surface area (Å²) in [6.45, 7) is 1.90. The van der Waals surface area contributed by atoms with Gasteiger partial charge in [-0.2, -0.15) is 0 Å². The molecule has 0 N–H and O–H groups in total. The lowest BCUT2D eigenvalue weighted by Gasteiger charge is -2.25. The molecule has 4 nitrogen and oxygen atoms in total. The molecule has 116 valence electrons. The number of anilines is 1. The number of fused-ring (bicyclic) bond motifs is 1. The summed E-state index contributed by atoms with van der Waals surface area (Å²) in [5.41, 5.74) is 1.75. The first-order valence-corrected chi connectivity index (χ1v) is 8.73. The number of rotatable bonds is 3. The molecule has 0 radical (unpaired) electrons. The smallest absolute Gasteiger partial charge is 0.268 e. The zero-order valence-electron chi connectivity index (χ0n) is 12.3. The van der Waals surface area contributed by atoms with Crippen molar-refractivity contribution >= 4 is 27.3 Å². The lowest BCUT2D eigenvalue weighted by atomic mass is 10.1. The fraction of sp³-hybridized carbons (Fsp3) is 0.250. The number of para-hydroxylation sites is 1. The van der Waals surface area contributed by atoms with E-state index in [1.807, 2.05) is 31.2 Å². The maximum Gasteiger partial charge on any atom is 0.268 e. The van der Waals surface area contributed by atoms with Crippen LogP contribution in [0.25, 0.3) is 0 Å². The van der Waals surface area contributed by atoms with E-state index in [0.29, 0.717) is 17.2 Å². The second-order valence-electron chi connectivity index (χ2n) is 5.28. The number of ether oxygens (including phenoxy) is 1. The minimum absolute atomic E-state index is 0.0889. The van der Waals surface area contributed by atoms with Crippen LogP contribution in [0.2, 0.25) is 5.02 Å². The molecule has 1 atom stereocenters. The molecule has 0 saturated carbocycles. The van der Waals surface area contributed by atoms with Crippen molar-refractivity contribution in [3.05, 3.63) is 53.1 Å². The topological polar surface area (TPSA) is 46.6 Å². The molecule has 2 aromatic carbocycles. The van der Waals surface area contributed by atoms with E-state index < -0.39 is 10.0 Å². The molecule has 0 bridgehead atoms. The summed E-state index contributed by atoms with van der Waals surface area (Å²) in [5, 5.41) is 0.361. The zero-order chi connectivity index (χ0) is 15.9. The average molecular weight is 338 g/mol. The van der Waals surface area contributed by atoms with Crippen molar-refractivity contribution in [2.24, 2.45) is 0 Å². The molecule has 1 heterocycles. The summed E-state index contributed by atoms with van der Waals surface area (Å²) in [6, 6.07) is 12.0. The second-order valence-corrected chi connectivity index (χ2v) is 7.50. The Morgan fingerprint density at radius 3 is 2.68 bits per heavy atom. The summed E-state index contributed by atoms with van der Waals surface area (Å²) >= 11 is 5.98. The Hall–Kier alpha value is -1.72. The van der Waals surface area contributed by atoms with E-state index in [-0.39, 0.29) is 10.9 Å². The van der Waals surface area contributed by atoms with Crippen LogP contribution in [0.5, 0.6) is 5.75 Å². The van der Waals surface area contributed by atoms with Crippen LogP contribution in [0.1, 0.15) is 12.5 Å². The standard InChI is InChI=1S/C16H16ClNO3S/c1-11-9-12-5-3-4-6-14(12)18(11)22(19,20)16-10-13(17)7-8-15(16)21-2/h3-8,10-11H,9H2,1-2H3. The molecule has 0 aromatic heterocycles. The van der Waals surface area contributed by atoms with Gasteiger partial charge >= 0.3 is 0 Å². The summed E-state index contributed by atoms with van der Waals surface area (Å²) in [6.07, 6.45) is 0.693. The van der Waals surface area contributed by atoms with Crippen LogP contribution >= 0.6 is 11.6 Å². The predicted octanol–water partition coefficient (Wildman–Crippen LogP) is 3.49. The average Bonchev–Trinajstić information content (AvgIpc) is 2.83. The van der Waals surface area contributed by atoms with Gasteiger partial charge in [-0.25, -0.2) is 8.42 Å². The highest BCUT2D eigenvalue weighted by Crippen LogP contribution is 2.39. The van der Waals surface area contributed by atoms with Gasteiger partial charge < -0.3 is 4.74 Å². The Morgan fingerprint density at radius 1 is 1.23 bits per heavy atom. The van der Waals surface area contributed by atoms with Crippen molar-refractivity contribution in [1.82, 2.24) is 0 Å². The highest BCUT2D eigenvalue weighted by molar-refractivity contribution is 7.93. The molecule has 1 aliphatic rings. The molecular weight excluding hydrogens is 322 g/mol. The Balaban J connectivity index is 2.17. The Bertz CT molecular complexity index is 820. The van der Waals surface area contributed by atoms with Gasteiger partial charge in [-0.1, -0.05) is 29.8 Å². The van der Waals surface area contributed by atoms with E-state index in [2.05, 4.69) is 0 Å². The van der Waals surface area contributed by atoms with Crippen molar-refractivity contribution in [3.63, 3.8) is 0 Å². The van der Waals surface area contributed by atoms with Crippen LogP contribution in [0.3, 0.4) is 0 Å². The van der Waals surface area contributed by atoms with Crippen LogP contribution in [0, 0.1) is 0 Å². The second kappa shape index (κ2) is 5.48. The third kappa shape index (κ3) is 2.34. The van der Waals surface area contributed by atoms with Crippen molar-refractivity contribution in [2.75, 3.05) is 11.4 Å². The molecule has 0 saturated heterocycles. The fourth-order valence-corrected chi connectivity index (χ4v) is 4.98. The van der Waals surface area contributed by atoms with Crippen LogP contribution in [-0.4, -0.2) is 21.6 Å². The monoisotopic (exact) mass is 337 g/mol. The van der Waals surface area contributed by atoms with Crippen molar-refractivity contribution in [2.45, 2.75) is 24.3 Å². The third-order valence-corrected chi connectivity index (χ3v) is 5.99. The number of hydrogen-bond acceptors (Lipinski definition) is 3. The third-order valence-electron chi connectivity index (χ3n) is 3.81. The van der Waals surface area contributed by atoms with Gasteiger partial charge in [0.25, 0.3) is 10.0 Å². The number of hydrogen-bond donors (Lipinski definition) is 0. The molecule has 1 aliphatic heterocycles. The molecule has 0 fully saturated rings. The Labute approximate surface area is 135 Å². The largest absolute Gasteiger partial charge is 0.495 e. The first kappa shape index (κ1) is 15.2. The molecule has 6 heteroatoms. The molecule has 0 aliphatic carbocycles. The van der Waals surface area contributed by atoms with E-state index in [9.17, 15) is 8.42 Å². The van der Waals surface area contributed by atoms with E-state index in [4.69, 9.17) is 16.3 Å². The summed E-state index contributed by atoms with van der Waals surface area (Å²) in [7, 11) is -2.29. The molecule has 1 unspecified atom stereocenters.